The summed E-state index contributed by atoms with van der Waals surface area (Å²) in [6.45, 7) is 2.64. The van der Waals surface area contributed by atoms with Crippen LogP contribution in [0.3, 0.4) is 0 Å². The minimum Gasteiger partial charge on any atom is -0.380 e. The molecule has 1 N–H and O–H groups in total. The SMILES string of the molecule is CNCc1ccnc(N2CC=C(COC)CC2)c1F. The molecule has 0 spiro atoms. The predicted molar refractivity (Wildman–Crippen MR) is 73.7 cm³/mol. The molecule has 0 aromatic carbocycles. The van der Waals surface area contributed by atoms with E-state index in [2.05, 4.69) is 16.4 Å². The summed E-state index contributed by atoms with van der Waals surface area (Å²) in [7, 11) is 3.50. The minimum atomic E-state index is -0.222. The highest BCUT2D eigenvalue weighted by Crippen LogP contribution is 2.22. The molecule has 1 aromatic rings. The van der Waals surface area contributed by atoms with Gasteiger partial charge in [0.1, 0.15) is 0 Å². The van der Waals surface area contributed by atoms with Crippen molar-refractivity contribution in [1.82, 2.24) is 10.3 Å². The molecule has 5 heteroatoms. The number of nitrogens with one attached hydrogen (secondary N) is 1. The third-order valence-corrected chi connectivity index (χ3v) is 3.25. The van der Waals surface area contributed by atoms with Crippen molar-refractivity contribution in [2.24, 2.45) is 0 Å². The van der Waals surface area contributed by atoms with E-state index in [0.717, 1.165) is 13.0 Å². The number of methoxy groups -OCH3 is 1. The lowest BCUT2D eigenvalue weighted by Crippen LogP contribution is -2.31. The van der Waals surface area contributed by atoms with E-state index in [4.69, 9.17) is 4.74 Å². The summed E-state index contributed by atoms with van der Waals surface area (Å²) in [6.07, 6.45) is 4.66. The molecule has 1 aromatic heterocycles. The Kier molecular flexibility index (Phi) is 4.87. The van der Waals surface area contributed by atoms with Crippen LogP contribution >= 0.6 is 0 Å². The number of hydrogen-bond donors (Lipinski definition) is 1. The monoisotopic (exact) mass is 265 g/mol. The van der Waals surface area contributed by atoms with Gasteiger partial charge in [-0.05, 0) is 25.1 Å². The van der Waals surface area contributed by atoms with Crippen LogP contribution in [0.4, 0.5) is 10.2 Å². The van der Waals surface area contributed by atoms with Crippen molar-refractivity contribution < 1.29 is 9.13 Å². The van der Waals surface area contributed by atoms with E-state index in [1.165, 1.54) is 5.57 Å². The third-order valence-electron chi connectivity index (χ3n) is 3.25. The molecule has 1 aliphatic heterocycles. The lowest BCUT2D eigenvalue weighted by atomic mass is 10.1. The topological polar surface area (TPSA) is 37.4 Å². The molecule has 2 rings (SSSR count). The molecule has 2 heterocycles. The Hall–Kier alpha value is -1.46. The van der Waals surface area contributed by atoms with Crippen LogP contribution in [0.15, 0.2) is 23.9 Å². The predicted octanol–water partition coefficient (Wildman–Crippen LogP) is 1.72. The molecule has 104 valence electrons. The fourth-order valence-electron chi connectivity index (χ4n) is 2.24. The van der Waals surface area contributed by atoms with Gasteiger partial charge in [-0.3, -0.25) is 0 Å². The van der Waals surface area contributed by atoms with Gasteiger partial charge >= 0.3 is 0 Å². The van der Waals surface area contributed by atoms with Crippen molar-refractivity contribution >= 4 is 5.82 Å². The summed E-state index contributed by atoms with van der Waals surface area (Å²) in [4.78, 5) is 6.14. The van der Waals surface area contributed by atoms with Gasteiger partial charge in [-0.25, -0.2) is 9.37 Å². The summed E-state index contributed by atoms with van der Waals surface area (Å²) in [6, 6.07) is 1.71. The smallest absolute Gasteiger partial charge is 0.170 e. The van der Waals surface area contributed by atoms with E-state index < -0.39 is 0 Å². The van der Waals surface area contributed by atoms with Crippen LogP contribution < -0.4 is 10.2 Å². The van der Waals surface area contributed by atoms with Crippen LogP contribution in [0, 0.1) is 5.82 Å². The van der Waals surface area contributed by atoms with Crippen LogP contribution in [-0.4, -0.2) is 38.8 Å². The molecule has 0 saturated heterocycles. The Morgan fingerprint density at radius 1 is 1.53 bits per heavy atom. The van der Waals surface area contributed by atoms with E-state index in [0.29, 0.717) is 31.1 Å². The van der Waals surface area contributed by atoms with Crippen LogP contribution in [0.5, 0.6) is 0 Å². The number of pyridine rings is 1. The maximum absolute atomic E-state index is 14.3. The van der Waals surface area contributed by atoms with Gasteiger partial charge in [-0.1, -0.05) is 6.08 Å². The van der Waals surface area contributed by atoms with Crippen molar-refractivity contribution in [3.63, 3.8) is 0 Å². The first-order valence-corrected chi connectivity index (χ1v) is 6.46. The number of ether oxygens (including phenoxy) is 1. The summed E-state index contributed by atoms with van der Waals surface area (Å²) in [5.41, 5.74) is 1.92. The van der Waals surface area contributed by atoms with Gasteiger partial charge in [0.05, 0.1) is 6.61 Å². The molecule has 4 nitrogen and oxygen atoms in total. The molecular weight excluding hydrogens is 245 g/mol. The number of halogens is 1. The molecule has 0 saturated carbocycles. The summed E-state index contributed by atoms with van der Waals surface area (Å²) in [5, 5.41) is 2.96. The zero-order valence-electron chi connectivity index (χ0n) is 11.4. The van der Waals surface area contributed by atoms with Crippen LogP contribution in [-0.2, 0) is 11.3 Å². The second kappa shape index (κ2) is 6.63. The largest absolute Gasteiger partial charge is 0.380 e. The van der Waals surface area contributed by atoms with Crippen LogP contribution in [0.1, 0.15) is 12.0 Å². The van der Waals surface area contributed by atoms with Gasteiger partial charge in [0.15, 0.2) is 11.6 Å². The van der Waals surface area contributed by atoms with E-state index >= 15 is 0 Å². The molecule has 1 aliphatic rings. The summed E-state index contributed by atoms with van der Waals surface area (Å²) < 4.78 is 19.4. The third kappa shape index (κ3) is 3.30. The Labute approximate surface area is 113 Å². The minimum absolute atomic E-state index is 0.222. The van der Waals surface area contributed by atoms with Crippen molar-refractivity contribution in [2.45, 2.75) is 13.0 Å². The lowest BCUT2D eigenvalue weighted by molar-refractivity contribution is 0.222. The van der Waals surface area contributed by atoms with Crippen LogP contribution in [0.25, 0.3) is 0 Å². The van der Waals surface area contributed by atoms with Gasteiger partial charge in [0, 0.05) is 38.5 Å². The molecule has 0 atom stereocenters. The molecule has 0 unspecified atom stereocenters. The Morgan fingerprint density at radius 2 is 2.37 bits per heavy atom. The first-order valence-electron chi connectivity index (χ1n) is 6.46. The first kappa shape index (κ1) is 14.0. The zero-order chi connectivity index (χ0) is 13.7. The van der Waals surface area contributed by atoms with Crippen molar-refractivity contribution in [3.05, 3.63) is 35.3 Å². The molecular formula is C14H20FN3O. The van der Waals surface area contributed by atoms with Crippen molar-refractivity contribution in [1.29, 1.82) is 0 Å². The number of aromatic nitrogens is 1. The van der Waals surface area contributed by atoms with E-state index in [1.54, 1.807) is 26.4 Å². The van der Waals surface area contributed by atoms with Gasteiger partial charge in [-0.15, -0.1) is 0 Å². The second-order valence-electron chi connectivity index (χ2n) is 4.63. The van der Waals surface area contributed by atoms with Gasteiger partial charge in [0.2, 0.25) is 0 Å². The van der Waals surface area contributed by atoms with E-state index in [1.807, 2.05) is 4.90 Å². The van der Waals surface area contributed by atoms with Crippen LogP contribution in [0.2, 0.25) is 0 Å². The molecule has 0 fully saturated rings. The molecule has 0 amide bonds. The van der Waals surface area contributed by atoms with Gasteiger partial charge < -0.3 is 15.0 Å². The standard InChI is InChI=1S/C14H20FN3O/c1-16-9-12-3-6-17-14(13(12)15)18-7-4-11(5-8-18)10-19-2/h3-4,6,16H,5,7-10H2,1-2H3. The first-order chi connectivity index (χ1) is 9.26. The number of rotatable bonds is 5. The highest BCUT2D eigenvalue weighted by atomic mass is 19.1. The fraction of sp³-hybridized carbons (Fsp3) is 0.500. The Bertz CT molecular complexity index is 462. The quantitative estimate of drug-likeness (QED) is 0.823. The second-order valence-corrected chi connectivity index (χ2v) is 4.63. The zero-order valence-corrected chi connectivity index (χ0v) is 11.4. The number of nitrogens with zero attached hydrogens (tertiary/aromatic N) is 2. The van der Waals surface area contributed by atoms with Gasteiger partial charge in [-0.2, -0.15) is 0 Å². The van der Waals surface area contributed by atoms with Crippen molar-refractivity contribution in [3.8, 4) is 0 Å². The molecule has 0 aliphatic carbocycles. The highest BCUT2D eigenvalue weighted by Gasteiger charge is 2.18. The Morgan fingerprint density at radius 3 is 3.00 bits per heavy atom. The fourth-order valence-corrected chi connectivity index (χ4v) is 2.24. The Balaban J connectivity index is 2.13. The summed E-state index contributed by atoms with van der Waals surface area (Å²) in [5.74, 6) is 0.223. The molecule has 0 bridgehead atoms. The number of anilines is 1. The molecule has 0 radical (unpaired) electrons. The molecule has 19 heavy (non-hydrogen) atoms. The average molecular weight is 265 g/mol. The maximum Gasteiger partial charge on any atom is 0.170 e. The number of hydrogen-bond acceptors (Lipinski definition) is 4. The summed E-state index contributed by atoms with van der Waals surface area (Å²) >= 11 is 0. The van der Waals surface area contributed by atoms with Crippen molar-refractivity contribution in [2.75, 3.05) is 38.8 Å². The normalized spacial score (nSPS) is 15.5. The highest BCUT2D eigenvalue weighted by molar-refractivity contribution is 5.45. The maximum atomic E-state index is 14.3. The van der Waals surface area contributed by atoms with Gasteiger partial charge in [0.25, 0.3) is 0 Å². The van der Waals surface area contributed by atoms with E-state index in [-0.39, 0.29) is 5.82 Å². The van der Waals surface area contributed by atoms with E-state index in [9.17, 15) is 4.39 Å². The average Bonchev–Trinajstić information content (AvgIpc) is 2.43. The lowest BCUT2D eigenvalue weighted by Gasteiger charge is -2.28.